The summed E-state index contributed by atoms with van der Waals surface area (Å²) < 4.78 is 10.8. The lowest BCUT2D eigenvalue weighted by Gasteiger charge is -2.32. The summed E-state index contributed by atoms with van der Waals surface area (Å²) in [5, 5.41) is 5.61. The van der Waals surface area contributed by atoms with Crippen molar-refractivity contribution in [1.82, 2.24) is 10.6 Å². The monoisotopic (exact) mass is 517 g/mol. The SMILES string of the molecule is CC[C@H](C)c1ccc(N(C(=O)CNC(=O)c2ccco2)[C@H](C(=O)NC[C@H]2CCCO2)c2ccccc2)cc1. The van der Waals surface area contributed by atoms with Gasteiger partial charge in [0.05, 0.1) is 18.9 Å². The van der Waals surface area contributed by atoms with Gasteiger partial charge in [-0.15, -0.1) is 0 Å². The zero-order valence-corrected chi connectivity index (χ0v) is 21.9. The van der Waals surface area contributed by atoms with Crippen LogP contribution < -0.4 is 15.5 Å². The Morgan fingerprint density at radius 3 is 2.37 bits per heavy atom. The first-order valence-corrected chi connectivity index (χ1v) is 13.2. The number of carbonyl (C=O) groups is 3. The first-order chi connectivity index (χ1) is 18.5. The fourth-order valence-corrected chi connectivity index (χ4v) is 4.54. The molecule has 2 heterocycles. The second kappa shape index (κ2) is 13.1. The molecular weight excluding hydrogens is 482 g/mol. The average molecular weight is 518 g/mol. The van der Waals surface area contributed by atoms with Gasteiger partial charge in [0.1, 0.15) is 6.04 Å². The Bertz CT molecular complexity index is 1190. The minimum Gasteiger partial charge on any atom is -0.459 e. The number of anilines is 1. The summed E-state index contributed by atoms with van der Waals surface area (Å²) in [7, 11) is 0. The zero-order chi connectivity index (χ0) is 26.9. The van der Waals surface area contributed by atoms with Crippen molar-refractivity contribution in [3.8, 4) is 0 Å². The van der Waals surface area contributed by atoms with E-state index < -0.39 is 17.9 Å². The molecule has 1 aliphatic rings. The number of furan rings is 1. The molecule has 3 atom stereocenters. The molecule has 0 unspecified atom stereocenters. The highest BCUT2D eigenvalue weighted by atomic mass is 16.5. The summed E-state index contributed by atoms with van der Waals surface area (Å²) in [5.41, 5.74) is 2.37. The number of benzene rings is 2. The van der Waals surface area contributed by atoms with E-state index in [-0.39, 0.29) is 24.3 Å². The van der Waals surface area contributed by atoms with Crippen LogP contribution >= 0.6 is 0 Å². The number of amides is 3. The predicted molar refractivity (Wildman–Crippen MR) is 145 cm³/mol. The van der Waals surface area contributed by atoms with Gasteiger partial charge in [0.15, 0.2) is 5.76 Å². The lowest BCUT2D eigenvalue weighted by Crippen LogP contribution is -2.48. The molecule has 3 amide bonds. The second-order valence-electron chi connectivity index (χ2n) is 9.52. The van der Waals surface area contributed by atoms with Gasteiger partial charge in [0, 0.05) is 18.8 Å². The van der Waals surface area contributed by atoms with Crippen LogP contribution in [-0.2, 0) is 14.3 Å². The smallest absolute Gasteiger partial charge is 0.287 e. The van der Waals surface area contributed by atoms with Gasteiger partial charge in [0.25, 0.3) is 5.91 Å². The van der Waals surface area contributed by atoms with E-state index >= 15 is 0 Å². The van der Waals surface area contributed by atoms with Crippen LogP contribution in [0.1, 0.15) is 66.8 Å². The van der Waals surface area contributed by atoms with E-state index in [4.69, 9.17) is 9.15 Å². The van der Waals surface area contributed by atoms with Crippen LogP contribution in [0.15, 0.2) is 77.4 Å². The number of carbonyl (C=O) groups excluding carboxylic acids is 3. The number of rotatable bonds is 11. The summed E-state index contributed by atoms with van der Waals surface area (Å²) >= 11 is 0. The normalized spacial score (nSPS) is 16.4. The van der Waals surface area contributed by atoms with Gasteiger partial charge in [-0.3, -0.25) is 19.3 Å². The van der Waals surface area contributed by atoms with Crippen molar-refractivity contribution in [3.05, 3.63) is 89.9 Å². The van der Waals surface area contributed by atoms with Crippen molar-refractivity contribution in [2.24, 2.45) is 0 Å². The molecule has 1 saturated heterocycles. The van der Waals surface area contributed by atoms with Crippen LogP contribution in [0, 0.1) is 0 Å². The molecule has 38 heavy (non-hydrogen) atoms. The van der Waals surface area contributed by atoms with Gasteiger partial charge < -0.3 is 19.8 Å². The largest absolute Gasteiger partial charge is 0.459 e. The molecule has 0 saturated carbocycles. The Morgan fingerprint density at radius 2 is 1.74 bits per heavy atom. The van der Waals surface area contributed by atoms with Crippen molar-refractivity contribution in [2.45, 2.75) is 51.2 Å². The minimum absolute atomic E-state index is 0.0399. The number of hydrogen-bond donors (Lipinski definition) is 2. The number of nitrogens with zero attached hydrogens (tertiary/aromatic N) is 1. The Hall–Kier alpha value is -3.91. The van der Waals surface area contributed by atoms with E-state index in [0.29, 0.717) is 30.3 Å². The van der Waals surface area contributed by atoms with Crippen LogP contribution in [0.2, 0.25) is 0 Å². The van der Waals surface area contributed by atoms with Crippen molar-refractivity contribution in [3.63, 3.8) is 0 Å². The molecule has 4 rings (SSSR count). The first-order valence-electron chi connectivity index (χ1n) is 13.2. The van der Waals surface area contributed by atoms with Crippen LogP contribution in [0.4, 0.5) is 5.69 Å². The van der Waals surface area contributed by atoms with Crippen molar-refractivity contribution in [1.29, 1.82) is 0 Å². The maximum atomic E-state index is 13.7. The third-order valence-corrected chi connectivity index (χ3v) is 6.92. The van der Waals surface area contributed by atoms with E-state index in [1.165, 1.54) is 17.2 Å². The molecule has 8 heteroatoms. The molecule has 1 fully saturated rings. The minimum atomic E-state index is -0.944. The maximum absolute atomic E-state index is 13.7. The Morgan fingerprint density at radius 1 is 0.974 bits per heavy atom. The van der Waals surface area contributed by atoms with Crippen LogP contribution in [0.25, 0.3) is 0 Å². The fraction of sp³-hybridized carbons (Fsp3) is 0.367. The number of nitrogens with one attached hydrogen (secondary N) is 2. The van der Waals surface area contributed by atoms with Gasteiger partial charge in [-0.2, -0.15) is 0 Å². The maximum Gasteiger partial charge on any atom is 0.287 e. The second-order valence-corrected chi connectivity index (χ2v) is 9.52. The Labute approximate surface area is 223 Å². The summed E-state index contributed by atoms with van der Waals surface area (Å²) in [6.07, 6.45) is 4.19. The van der Waals surface area contributed by atoms with Gasteiger partial charge in [-0.25, -0.2) is 0 Å². The lowest BCUT2D eigenvalue weighted by molar-refractivity contribution is -0.126. The molecule has 0 radical (unpaired) electrons. The molecule has 0 aliphatic carbocycles. The summed E-state index contributed by atoms with van der Waals surface area (Å²) in [4.78, 5) is 41.4. The zero-order valence-electron chi connectivity index (χ0n) is 21.9. The third-order valence-electron chi connectivity index (χ3n) is 6.92. The van der Waals surface area contributed by atoms with E-state index in [0.717, 1.165) is 24.8 Å². The van der Waals surface area contributed by atoms with E-state index in [1.807, 2.05) is 54.6 Å². The molecule has 200 valence electrons. The number of hydrogen-bond acceptors (Lipinski definition) is 5. The molecule has 8 nitrogen and oxygen atoms in total. The highest BCUT2D eigenvalue weighted by Gasteiger charge is 2.33. The van der Waals surface area contributed by atoms with Crippen molar-refractivity contribution < 1.29 is 23.5 Å². The first kappa shape index (κ1) is 27.1. The quantitative estimate of drug-likeness (QED) is 0.387. The van der Waals surface area contributed by atoms with Crippen molar-refractivity contribution in [2.75, 3.05) is 24.6 Å². The summed E-state index contributed by atoms with van der Waals surface area (Å²) in [5.74, 6) is -0.781. The molecule has 3 aromatic rings. The molecule has 2 N–H and O–H groups in total. The van der Waals surface area contributed by atoms with Crippen LogP contribution in [-0.4, -0.2) is 43.5 Å². The topological polar surface area (TPSA) is 101 Å². The van der Waals surface area contributed by atoms with E-state index in [1.54, 1.807) is 6.07 Å². The van der Waals surface area contributed by atoms with Gasteiger partial charge in [-0.1, -0.05) is 56.3 Å². The van der Waals surface area contributed by atoms with Gasteiger partial charge in [0.2, 0.25) is 11.8 Å². The Kier molecular flexibility index (Phi) is 9.32. The summed E-state index contributed by atoms with van der Waals surface area (Å²) in [6.45, 7) is 5.01. The third kappa shape index (κ3) is 6.69. The van der Waals surface area contributed by atoms with E-state index in [9.17, 15) is 14.4 Å². The van der Waals surface area contributed by atoms with E-state index in [2.05, 4.69) is 24.5 Å². The number of ether oxygens (including phenoxy) is 1. The molecule has 0 bridgehead atoms. The molecule has 0 spiro atoms. The Balaban J connectivity index is 1.65. The lowest BCUT2D eigenvalue weighted by atomic mass is 9.97. The highest BCUT2D eigenvalue weighted by Crippen LogP contribution is 2.30. The standard InChI is InChI=1S/C30H35N3O5/c1-3-21(2)22-13-15-24(16-14-22)33(27(34)20-32-29(35)26-12-8-18-38-26)28(23-9-5-4-6-10-23)30(36)31-19-25-11-7-17-37-25/h4-6,8-10,12-16,18,21,25,28H,3,7,11,17,19-20H2,1-2H3,(H,31,36)(H,32,35)/t21-,25+,28-/m0/s1. The molecular formula is C30H35N3O5. The average Bonchev–Trinajstić information content (AvgIpc) is 3.68. The van der Waals surface area contributed by atoms with Gasteiger partial charge in [-0.05, 0) is 60.6 Å². The highest BCUT2D eigenvalue weighted by molar-refractivity contribution is 6.04. The fourth-order valence-electron chi connectivity index (χ4n) is 4.54. The molecule has 2 aromatic carbocycles. The van der Waals surface area contributed by atoms with Crippen LogP contribution in [0.5, 0.6) is 0 Å². The molecule has 1 aromatic heterocycles. The van der Waals surface area contributed by atoms with Gasteiger partial charge >= 0.3 is 0 Å². The summed E-state index contributed by atoms with van der Waals surface area (Å²) in [6, 6.07) is 19.1. The van der Waals surface area contributed by atoms with Crippen LogP contribution in [0.3, 0.4) is 0 Å². The predicted octanol–water partition coefficient (Wildman–Crippen LogP) is 4.59. The molecule has 1 aliphatic heterocycles. The van der Waals surface area contributed by atoms with Crippen molar-refractivity contribution >= 4 is 23.4 Å².